The van der Waals surface area contributed by atoms with E-state index < -0.39 is 5.97 Å². The Morgan fingerprint density at radius 1 is 1.07 bits per heavy atom. The molecule has 0 atom stereocenters. The first kappa shape index (κ1) is 19.9. The third-order valence-corrected chi connectivity index (χ3v) is 5.63. The second kappa shape index (κ2) is 8.89. The Kier molecular flexibility index (Phi) is 6.31. The van der Waals surface area contributed by atoms with Gasteiger partial charge in [-0.3, -0.25) is 4.79 Å². The van der Waals surface area contributed by atoms with Crippen LogP contribution in [-0.4, -0.2) is 30.0 Å². The van der Waals surface area contributed by atoms with Crippen LogP contribution in [0, 0.1) is 13.8 Å². The maximum absolute atomic E-state index is 12.6. The Bertz CT molecular complexity index is 973. The van der Waals surface area contributed by atoms with Crippen LogP contribution >= 0.6 is 11.3 Å². The number of carbonyl (C=O) groups excluding carboxylic acids is 2. The normalized spacial score (nSPS) is 10.7. The first-order valence-corrected chi connectivity index (χ1v) is 9.91. The molecule has 0 spiro atoms. The first-order chi connectivity index (χ1) is 13.5. The molecule has 0 aliphatic heterocycles. The van der Waals surface area contributed by atoms with Crippen LogP contribution in [0.2, 0.25) is 0 Å². The summed E-state index contributed by atoms with van der Waals surface area (Å²) in [5.41, 5.74) is 2.82. The van der Waals surface area contributed by atoms with Gasteiger partial charge in [0.05, 0.1) is 7.11 Å². The van der Waals surface area contributed by atoms with Crippen LogP contribution < -0.4 is 4.74 Å². The zero-order valence-electron chi connectivity index (χ0n) is 16.2. The van der Waals surface area contributed by atoms with Crippen LogP contribution in [0.3, 0.4) is 0 Å². The van der Waals surface area contributed by atoms with Crippen LogP contribution in [0.25, 0.3) is 0 Å². The van der Waals surface area contributed by atoms with Crippen molar-refractivity contribution in [1.82, 2.24) is 4.57 Å². The quantitative estimate of drug-likeness (QED) is 0.416. The molecule has 0 fully saturated rings. The molecule has 2 aromatic heterocycles. The lowest BCUT2D eigenvalue weighted by molar-refractivity contribution is 0.0471. The van der Waals surface area contributed by atoms with Gasteiger partial charge in [-0.05, 0) is 49.9 Å². The Labute approximate surface area is 168 Å². The van der Waals surface area contributed by atoms with Crippen LogP contribution in [0.1, 0.15) is 37.0 Å². The summed E-state index contributed by atoms with van der Waals surface area (Å²) in [5, 5.41) is 2.07. The Balaban J connectivity index is 1.66. The maximum Gasteiger partial charge on any atom is 0.342 e. The van der Waals surface area contributed by atoms with Gasteiger partial charge < -0.3 is 14.0 Å². The van der Waals surface area contributed by atoms with Crippen molar-refractivity contribution in [3.8, 4) is 5.75 Å². The number of benzene rings is 1. The number of hydrogen-bond donors (Lipinski definition) is 0. The van der Waals surface area contributed by atoms with Gasteiger partial charge >= 0.3 is 5.97 Å². The number of esters is 1. The minimum Gasteiger partial charge on any atom is -0.496 e. The number of hydrogen-bond acceptors (Lipinski definition) is 5. The van der Waals surface area contributed by atoms with Crippen molar-refractivity contribution >= 4 is 23.1 Å². The summed E-state index contributed by atoms with van der Waals surface area (Å²) in [6, 6.07) is 12.8. The van der Waals surface area contributed by atoms with E-state index in [0.29, 0.717) is 16.9 Å². The number of methoxy groups -OCH3 is 1. The molecule has 28 heavy (non-hydrogen) atoms. The molecule has 0 unspecified atom stereocenters. The number of nitrogens with zero attached hydrogens (tertiary/aromatic N) is 1. The molecule has 1 aromatic carbocycles. The first-order valence-electron chi connectivity index (χ1n) is 9.03. The minimum absolute atomic E-state index is 0.210. The van der Waals surface area contributed by atoms with Crippen LogP contribution in [-0.2, 0) is 17.7 Å². The summed E-state index contributed by atoms with van der Waals surface area (Å²) in [4.78, 5) is 26.2. The summed E-state index contributed by atoms with van der Waals surface area (Å²) >= 11 is 1.73. The highest BCUT2D eigenvalue weighted by Gasteiger charge is 2.19. The summed E-state index contributed by atoms with van der Waals surface area (Å²) in [6.07, 6.45) is 0.921. The molecule has 0 aliphatic rings. The van der Waals surface area contributed by atoms with Gasteiger partial charge in [0.1, 0.15) is 11.3 Å². The summed E-state index contributed by atoms with van der Waals surface area (Å²) in [5.74, 6) is -0.359. The number of aromatic nitrogens is 1. The largest absolute Gasteiger partial charge is 0.496 e. The zero-order chi connectivity index (χ0) is 20.1. The molecule has 3 aromatic rings. The van der Waals surface area contributed by atoms with Crippen molar-refractivity contribution in [2.75, 3.05) is 13.7 Å². The number of rotatable bonds is 8. The smallest absolute Gasteiger partial charge is 0.342 e. The average Bonchev–Trinajstić information content (AvgIpc) is 3.32. The lowest BCUT2D eigenvalue weighted by Crippen LogP contribution is -2.15. The highest BCUT2D eigenvalue weighted by molar-refractivity contribution is 7.09. The van der Waals surface area contributed by atoms with Crippen molar-refractivity contribution in [2.24, 2.45) is 0 Å². The maximum atomic E-state index is 12.6. The molecule has 3 rings (SSSR count). The molecule has 0 amide bonds. The Hall–Kier alpha value is -2.86. The van der Waals surface area contributed by atoms with Gasteiger partial charge in [0.2, 0.25) is 5.78 Å². The highest BCUT2D eigenvalue weighted by atomic mass is 32.1. The second-order valence-corrected chi connectivity index (χ2v) is 7.50. The number of ether oxygens (including phenoxy) is 2. The van der Waals surface area contributed by atoms with E-state index in [4.69, 9.17) is 9.47 Å². The number of ketones is 1. The predicted octanol–water partition coefficient (Wildman–Crippen LogP) is 4.46. The van der Waals surface area contributed by atoms with Crippen LogP contribution in [0.4, 0.5) is 0 Å². The number of para-hydroxylation sites is 1. The Morgan fingerprint density at radius 2 is 1.86 bits per heavy atom. The summed E-state index contributed by atoms with van der Waals surface area (Å²) < 4.78 is 12.5. The minimum atomic E-state index is -0.572. The van der Waals surface area contributed by atoms with Crippen LogP contribution in [0.5, 0.6) is 5.75 Å². The van der Waals surface area contributed by atoms with E-state index in [1.807, 2.05) is 26.0 Å². The van der Waals surface area contributed by atoms with Gasteiger partial charge in [-0.15, -0.1) is 11.3 Å². The molecule has 5 nitrogen and oxygen atoms in total. The van der Waals surface area contributed by atoms with E-state index in [2.05, 4.69) is 16.0 Å². The average molecular weight is 397 g/mol. The molecule has 0 radical (unpaired) electrons. The van der Waals surface area contributed by atoms with Gasteiger partial charge in [-0.2, -0.15) is 0 Å². The predicted molar refractivity (Wildman–Crippen MR) is 110 cm³/mol. The fourth-order valence-electron chi connectivity index (χ4n) is 3.20. The third kappa shape index (κ3) is 4.34. The number of carbonyl (C=O) groups is 2. The van der Waals surface area contributed by atoms with Gasteiger partial charge in [-0.1, -0.05) is 18.2 Å². The molecule has 6 heteroatoms. The lowest BCUT2D eigenvalue weighted by Gasteiger charge is -2.10. The van der Waals surface area contributed by atoms with E-state index in [0.717, 1.165) is 24.4 Å². The molecule has 146 valence electrons. The SMILES string of the molecule is COc1ccccc1C(=O)OCC(=O)c1cc(C)n(CCc2cccs2)c1C. The zero-order valence-corrected chi connectivity index (χ0v) is 17.0. The fraction of sp³-hybridized carbons (Fsp3) is 0.273. The molecule has 0 bridgehead atoms. The summed E-state index contributed by atoms with van der Waals surface area (Å²) in [6.45, 7) is 4.42. The van der Waals surface area contributed by atoms with Gasteiger partial charge in [0.15, 0.2) is 6.61 Å². The standard InChI is InChI=1S/C22H23NO4S/c1-15-13-19(16(2)23(15)11-10-17-7-6-12-28-17)20(24)14-27-22(25)18-8-4-5-9-21(18)26-3/h4-9,12-13H,10-11,14H2,1-3H3. The van der Waals surface area contributed by atoms with Crippen molar-refractivity contribution in [3.63, 3.8) is 0 Å². The van der Waals surface area contributed by atoms with Crippen molar-refractivity contribution in [1.29, 1.82) is 0 Å². The Morgan fingerprint density at radius 3 is 2.57 bits per heavy atom. The second-order valence-electron chi connectivity index (χ2n) is 6.47. The molecule has 0 saturated carbocycles. The van der Waals surface area contributed by atoms with E-state index in [9.17, 15) is 9.59 Å². The molecule has 2 heterocycles. The van der Waals surface area contributed by atoms with Gasteiger partial charge in [0.25, 0.3) is 0 Å². The van der Waals surface area contributed by atoms with Crippen molar-refractivity contribution < 1.29 is 19.1 Å². The van der Waals surface area contributed by atoms with E-state index in [-0.39, 0.29) is 12.4 Å². The summed E-state index contributed by atoms with van der Waals surface area (Å²) in [7, 11) is 1.49. The highest BCUT2D eigenvalue weighted by Crippen LogP contribution is 2.20. The third-order valence-electron chi connectivity index (χ3n) is 4.70. The number of Topliss-reactive ketones (excluding diaryl/α,β-unsaturated/α-hetero) is 1. The molecular formula is C22H23NO4S. The molecular weight excluding hydrogens is 374 g/mol. The fourth-order valence-corrected chi connectivity index (χ4v) is 3.90. The number of aryl methyl sites for hydroxylation is 2. The number of thiophene rings is 1. The van der Waals surface area contributed by atoms with Crippen molar-refractivity contribution in [2.45, 2.75) is 26.8 Å². The molecule has 0 saturated heterocycles. The van der Waals surface area contributed by atoms with Gasteiger partial charge in [0, 0.05) is 28.4 Å². The van der Waals surface area contributed by atoms with E-state index >= 15 is 0 Å². The topological polar surface area (TPSA) is 57.5 Å². The van der Waals surface area contributed by atoms with E-state index in [1.54, 1.807) is 35.6 Å². The van der Waals surface area contributed by atoms with E-state index in [1.165, 1.54) is 12.0 Å². The monoisotopic (exact) mass is 397 g/mol. The van der Waals surface area contributed by atoms with Crippen LogP contribution in [0.15, 0.2) is 47.8 Å². The lowest BCUT2D eigenvalue weighted by atomic mass is 10.1. The molecule has 0 N–H and O–H groups in total. The van der Waals surface area contributed by atoms with Crippen molar-refractivity contribution in [3.05, 3.63) is 75.2 Å². The van der Waals surface area contributed by atoms with Gasteiger partial charge in [-0.25, -0.2) is 4.79 Å². The molecule has 0 aliphatic carbocycles.